The van der Waals surface area contributed by atoms with Crippen LogP contribution in [0.25, 0.3) is 5.78 Å². The summed E-state index contributed by atoms with van der Waals surface area (Å²) in [5.41, 5.74) is 1.87. The van der Waals surface area contributed by atoms with Crippen LogP contribution >= 0.6 is 0 Å². The summed E-state index contributed by atoms with van der Waals surface area (Å²) in [6, 6.07) is 1.95. The Morgan fingerprint density at radius 3 is 2.95 bits per heavy atom. The average Bonchev–Trinajstić information content (AvgIpc) is 2.83. The lowest BCUT2D eigenvalue weighted by atomic mass is 9.99. The normalized spacial score (nSPS) is 19.5. The first-order valence-electron chi connectivity index (χ1n) is 6.73. The third kappa shape index (κ3) is 2.19. The second-order valence-corrected chi connectivity index (χ2v) is 5.29. The molecule has 0 amide bonds. The van der Waals surface area contributed by atoms with Gasteiger partial charge in [0.1, 0.15) is 0 Å². The van der Waals surface area contributed by atoms with Gasteiger partial charge in [-0.2, -0.15) is 9.50 Å². The van der Waals surface area contributed by atoms with Gasteiger partial charge in [-0.15, -0.1) is 5.10 Å². The molecule has 0 bridgehead atoms. The number of rotatable bonds is 2. The fraction of sp³-hybridized carbons (Fsp3) is 0.538. The molecule has 0 spiro atoms. The third-order valence-corrected chi connectivity index (χ3v) is 3.66. The van der Waals surface area contributed by atoms with Crippen LogP contribution in [-0.2, 0) is 4.79 Å². The summed E-state index contributed by atoms with van der Waals surface area (Å²) in [5, 5.41) is 13.6. The van der Waals surface area contributed by atoms with Gasteiger partial charge in [-0.1, -0.05) is 0 Å². The number of anilines is 1. The molecule has 7 nitrogen and oxygen atoms in total. The molecule has 0 aromatic carbocycles. The molecule has 1 N–H and O–H groups in total. The van der Waals surface area contributed by atoms with E-state index < -0.39 is 5.97 Å². The highest BCUT2D eigenvalue weighted by Crippen LogP contribution is 2.21. The predicted octanol–water partition coefficient (Wildman–Crippen LogP) is 1.04. The smallest absolute Gasteiger partial charge is 0.308 e. The Labute approximate surface area is 116 Å². The van der Waals surface area contributed by atoms with Gasteiger partial charge in [0.05, 0.1) is 5.92 Å². The van der Waals surface area contributed by atoms with Gasteiger partial charge in [0.2, 0.25) is 5.95 Å². The number of piperidine rings is 1. The lowest BCUT2D eigenvalue weighted by Gasteiger charge is -2.29. The maximum Gasteiger partial charge on any atom is 0.308 e. The molecular formula is C13H17N5O2. The molecule has 3 rings (SSSR count). The van der Waals surface area contributed by atoms with Crippen LogP contribution in [0.1, 0.15) is 24.2 Å². The molecule has 106 valence electrons. The number of aryl methyl sites for hydroxylation is 2. The van der Waals surface area contributed by atoms with Crippen molar-refractivity contribution in [3.8, 4) is 0 Å². The van der Waals surface area contributed by atoms with Crippen LogP contribution in [0.5, 0.6) is 0 Å². The number of carboxylic acids is 1. The standard InChI is InChI=1S/C13H17N5O2/c1-8-6-9(2)18-12(14-8)15-13(16-18)17-5-3-4-10(7-17)11(19)20/h6,10H,3-5,7H2,1-2H3,(H,19,20)/t10-/m1/s1. The lowest BCUT2D eigenvalue weighted by molar-refractivity contribution is -0.141. The lowest BCUT2D eigenvalue weighted by Crippen LogP contribution is -2.39. The van der Waals surface area contributed by atoms with E-state index in [9.17, 15) is 4.79 Å². The van der Waals surface area contributed by atoms with E-state index in [1.807, 2.05) is 24.8 Å². The largest absolute Gasteiger partial charge is 0.481 e. The summed E-state index contributed by atoms with van der Waals surface area (Å²) in [6.45, 7) is 5.13. The number of carboxylic acid groups (broad SMARTS) is 1. The minimum Gasteiger partial charge on any atom is -0.481 e. The maximum absolute atomic E-state index is 11.1. The average molecular weight is 275 g/mol. The van der Waals surface area contributed by atoms with Crippen molar-refractivity contribution in [2.24, 2.45) is 5.92 Å². The van der Waals surface area contributed by atoms with Crippen molar-refractivity contribution in [3.63, 3.8) is 0 Å². The van der Waals surface area contributed by atoms with Crippen LogP contribution in [-0.4, -0.2) is 43.7 Å². The van der Waals surface area contributed by atoms with E-state index in [0.29, 0.717) is 18.3 Å². The zero-order valence-electron chi connectivity index (χ0n) is 11.6. The second kappa shape index (κ2) is 4.73. The molecule has 7 heteroatoms. The van der Waals surface area contributed by atoms with Crippen LogP contribution in [0.3, 0.4) is 0 Å². The van der Waals surface area contributed by atoms with Crippen LogP contribution in [0.4, 0.5) is 5.95 Å². The SMILES string of the molecule is Cc1cc(C)n2nc(N3CCC[C@@H](C(=O)O)C3)nc2n1. The van der Waals surface area contributed by atoms with Crippen molar-refractivity contribution in [3.05, 3.63) is 17.5 Å². The second-order valence-electron chi connectivity index (χ2n) is 5.29. The number of hydrogen-bond donors (Lipinski definition) is 1. The molecule has 20 heavy (non-hydrogen) atoms. The third-order valence-electron chi connectivity index (χ3n) is 3.66. The van der Waals surface area contributed by atoms with E-state index in [2.05, 4.69) is 15.1 Å². The number of aromatic nitrogens is 4. The molecule has 0 unspecified atom stereocenters. The number of carbonyl (C=O) groups is 1. The molecule has 1 fully saturated rings. The Balaban J connectivity index is 1.94. The Hall–Kier alpha value is -2.18. The molecule has 1 aliphatic rings. The van der Waals surface area contributed by atoms with E-state index in [1.54, 1.807) is 4.52 Å². The Kier molecular flexibility index (Phi) is 3.04. The van der Waals surface area contributed by atoms with Crippen molar-refractivity contribution in [2.45, 2.75) is 26.7 Å². The summed E-state index contributed by atoms with van der Waals surface area (Å²) in [7, 11) is 0. The van der Waals surface area contributed by atoms with Gasteiger partial charge in [0, 0.05) is 24.5 Å². The summed E-state index contributed by atoms with van der Waals surface area (Å²) in [5.74, 6) is 0.0434. The van der Waals surface area contributed by atoms with Gasteiger partial charge < -0.3 is 10.0 Å². The fourth-order valence-corrected chi connectivity index (χ4v) is 2.65. The minimum atomic E-state index is -0.747. The number of hydrogen-bond acceptors (Lipinski definition) is 5. The fourth-order valence-electron chi connectivity index (χ4n) is 2.65. The van der Waals surface area contributed by atoms with Gasteiger partial charge in [-0.05, 0) is 32.8 Å². The van der Waals surface area contributed by atoms with Crippen LogP contribution < -0.4 is 4.90 Å². The van der Waals surface area contributed by atoms with Gasteiger partial charge in [0.15, 0.2) is 0 Å². The summed E-state index contributed by atoms with van der Waals surface area (Å²) >= 11 is 0. The van der Waals surface area contributed by atoms with E-state index in [-0.39, 0.29) is 5.92 Å². The van der Waals surface area contributed by atoms with Gasteiger partial charge >= 0.3 is 5.97 Å². The first-order valence-corrected chi connectivity index (χ1v) is 6.73. The Morgan fingerprint density at radius 1 is 1.40 bits per heavy atom. The number of nitrogens with zero attached hydrogens (tertiary/aromatic N) is 5. The van der Waals surface area contributed by atoms with Crippen molar-refractivity contribution in [1.29, 1.82) is 0 Å². The van der Waals surface area contributed by atoms with Crippen molar-refractivity contribution < 1.29 is 9.90 Å². The van der Waals surface area contributed by atoms with E-state index in [4.69, 9.17) is 5.11 Å². The maximum atomic E-state index is 11.1. The molecule has 1 aliphatic heterocycles. The Morgan fingerprint density at radius 2 is 2.20 bits per heavy atom. The molecule has 0 aliphatic carbocycles. The first-order chi connectivity index (χ1) is 9.54. The number of aliphatic carboxylic acids is 1. The summed E-state index contributed by atoms with van der Waals surface area (Å²) < 4.78 is 1.70. The van der Waals surface area contributed by atoms with Crippen LogP contribution in [0.2, 0.25) is 0 Å². The highest BCUT2D eigenvalue weighted by atomic mass is 16.4. The molecule has 1 atom stereocenters. The minimum absolute atomic E-state index is 0.342. The molecule has 3 heterocycles. The van der Waals surface area contributed by atoms with Crippen molar-refractivity contribution >= 4 is 17.7 Å². The quantitative estimate of drug-likeness (QED) is 0.881. The van der Waals surface area contributed by atoms with Gasteiger partial charge in [-0.3, -0.25) is 4.79 Å². The summed E-state index contributed by atoms with van der Waals surface area (Å²) in [6.07, 6.45) is 1.56. The van der Waals surface area contributed by atoms with Gasteiger partial charge in [0.25, 0.3) is 5.78 Å². The zero-order chi connectivity index (χ0) is 14.3. The topological polar surface area (TPSA) is 83.6 Å². The highest BCUT2D eigenvalue weighted by Gasteiger charge is 2.27. The molecule has 2 aromatic rings. The predicted molar refractivity (Wildman–Crippen MR) is 72.8 cm³/mol. The zero-order valence-corrected chi connectivity index (χ0v) is 11.6. The van der Waals surface area contributed by atoms with E-state index in [1.165, 1.54) is 0 Å². The Bertz CT molecular complexity index is 666. The molecule has 1 saturated heterocycles. The molecular weight excluding hydrogens is 258 g/mol. The molecule has 0 radical (unpaired) electrons. The van der Waals surface area contributed by atoms with Gasteiger partial charge in [-0.25, -0.2) is 4.98 Å². The molecule has 2 aromatic heterocycles. The monoisotopic (exact) mass is 275 g/mol. The van der Waals surface area contributed by atoms with Crippen LogP contribution in [0.15, 0.2) is 6.07 Å². The molecule has 0 saturated carbocycles. The van der Waals surface area contributed by atoms with Crippen molar-refractivity contribution in [1.82, 2.24) is 19.6 Å². The van der Waals surface area contributed by atoms with E-state index in [0.717, 1.165) is 30.8 Å². The number of fused-ring (bicyclic) bond motifs is 1. The first kappa shape index (κ1) is 12.8. The van der Waals surface area contributed by atoms with Crippen molar-refractivity contribution in [2.75, 3.05) is 18.0 Å². The summed E-state index contributed by atoms with van der Waals surface area (Å²) in [4.78, 5) is 21.8. The van der Waals surface area contributed by atoms with E-state index >= 15 is 0 Å². The highest BCUT2D eigenvalue weighted by molar-refractivity contribution is 5.71. The van der Waals surface area contributed by atoms with Crippen LogP contribution in [0, 0.1) is 19.8 Å².